The van der Waals surface area contributed by atoms with Gasteiger partial charge < -0.3 is 14.6 Å². The normalized spacial score (nSPS) is 13.3. The second-order valence-corrected chi connectivity index (χ2v) is 6.56. The van der Waals surface area contributed by atoms with E-state index in [4.69, 9.17) is 9.26 Å². The maximum Gasteiger partial charge on any atom is 0.331 e. The van der Waals surface area contributed by atoms with E-state index >= 15 is 0 Å². The van der Waals surface area contributed by atoms with E-state index in [2.05, 4.69) is 15.5 Å². The number of methoxy groups -OCH3 is 1. The highest BCUT2D eigenvalue weighted by molar-refractivity contribution is 7.13. The Bertz CT molecular complexity index is 683. The van der Waals surface area contributed by atoms with Crippen LogP contribution < -0.4 is 5.32 Å². The quantitative estimate of drug-likeness (QED) is 0.735. The van der Waals surface area contributed by atoms with Crippen molar-refractivity contribution in [1.29, 1.82) is 0 Å². The van der Waals surface area contributed by atoms with Crippen LogP contribution in [0.2, 0.25) is 0 Å². The van der Waals surface area contributed by atoms with Crippen molar-refractivity contribution in [2.75, 3.05) is 7.11 Å². The molecule has 0 aliphatic rings. The molecule has 0 radical (unpaired) electrons. The molecule has 0 aromatic carbocycles. The number of ether oxygens (including phenoxy) is 1. The summed E-state index contributed by atoms with van der Waals surface area (Å²) in [5.41, 5.74) is -1.02. The number of esters is 1. The summed E-state index contributed by atoms with van der Waals surface area (Å²) in [4.78, 5) is 29.2. The molecule has 1 atom stereocenters. The zero-order valence-corrected chi connectivity index (χ0v) is 14.8. The number of thiophene rings is 1. The van der Waals surface area contributed by atoms with Crippen LogP contribution in [0.5, 0.6) is 0 Å². The highest BCUT2D eigenvalue weighted by Gasteiger charge is 2.34. The second-order valence-electron chi connectivity index (χ2n) is 5.61. The molecule has 2 rings (SSSR count). The second kappa shape index (κ2) is 8.05. The van der Waals surface area contributed by atoms with Gasteiger partial charge >= 0.3 is 5.97 Å². The van der Waals surface area contributed by atoms with E-state index in [0.717, 1.165) is 11.3 Å². The van der Waals surface area contributed by atoms with Crippen LogP contribution in [0, 0.1) is 0 Å². The van der Waals surface area contributed by atoms with E-state index in [9.17, 15) is 9.59 Å². The monoisotopic (exact) mass is 351 g/mol. The van der Waals surface area contributed by atoms with E-state index in [1.54, 1.807) is 6.92 Å². The molecule has 0 bridgehead atoms. The summed E-state index contributed by atoms with van der Waals surface area (Å²) in [5.74, 6) is 0.206. The van der Waals surface area contributed by atoms with Crippen LogP contribution in [0.1, 0.15) is 39.0 Å². The van der Waals surface area contributed by atoms with Gasteiger partial charge in [0.15, 0.2) is 0 Å². The predicted octanol–water partition coefficient (Wildman–Crippen LogP) is 2.58. The first kappa shape index (κ1) is 18.1. The van der Waals surface area contributed by atoms with Crippen LogP contribution in [0.25, 0.3) is 10.7 Å². The van der Waals surface area contributed by atoms with Crippen LogP contribution in [0.4, 0.5) is 0 Å². The van der Waals surface area contributed by atoms with E-state index in [-0.39, 0.29) is 12.3 Å². The highest BCUT2D eigenvalue weighted by Crippen LogP contribution is 2.21. The van der Waals surface area contributed by atoms with Gasteiger partial charge in [-0.2, -0.15) is 4.98 Å². The lowest BCUT2D eigenvalue weighted by atomic mass is 9.96. The lowest BCUT2D eigenvalue weighted by molar-refractivity contribution is -0.150. The minimum atomic E-state index is -1.02. The topological polar surface area (TPSA) is 94.3 Å². The highest BCUT2D eigenvalue weighted by atomic mass is 32.1. The van der Waals surface area contributed by atoms with E-state index in [1.165, 1.54) is 18.4 Å². The Morgan fingerprint density at radius 2 is 2.25 bits per heavy atom. The van der Waals surface area contributed by atoms with Crippen LogP contribution in [-0.2, 0) is 20.7 Å². The Kier molecular flexibility index (Phi) is 6.08. The van der Waals surface area contributed by atoms with E-state index < -0.39 is 11.5 Å². The van der Waals surface area contributed by atoms with E-state index in [0.29, 0.717) is 24.6 Å². The fourth-order valence-electron chi connectivity index (χ4n) is 2.39. The molecule has 0 aliphatic carbocycles. The fraction of sp³-hybridized carbons (Fsp3) is 0.500. The lowest BCUT2D eigenvalue weighted by Gasteiger charge is -2.27. The predicted molar refractivity (Wildman–Crippen MR) is 89.4 cm³/mol. The number of hydrogen-bond acceptors (Lipinski definition) is 7. The minimum Gasteiger partial charge on any atom is -0.467 e. The summed E-state index contributed by atoms with van der Waals surface area (Å²) in [6.45, 7) is 3.61. The van der Waals surface area contributed by atoms with Gasteiger partial charge in [-0.15, -0.1) is 11.3 Å². The molecule has 0 saturated carbocycles. The fourth-order valence-corrected chi connectivity index (χ4v) is 3.04. The summed E-state index contributed by atoms with van der Waals surface area (Å²) in [5, 5.41) is 8.58. The third-order valence-corrected chi connectivity index (χ3v) is 4.44. The summed E-state index contributed by atoms with van der Waals surface area (Å²) < 4.78 is 9.94. The maximum absolute atomic E-state index is 12.2. The number of nitrogens with one attached hydrogen (secondary N) is 1. The Balaban J connectivity index is 1.91. The Hall–Kier alpha value is -2.22. The summed E-state index contributed by atoms with van der Waals surface area (Å²) >= 11 is 1.52. The molecular weight excluding hydrogens is 330 g/mol. The summed E-state index contributed by atoms with van der Waals surface area (Å²) in [6.07, 6.45) is 1.73. The first-order valence-electron chi connectivity index (χ1n) is 7.74. The molecular formula is C16H21N3O4S. The van der Waals surface area contributed by atoms with Crippen LogP contribution in [0.15, 0.2) is 22.0 Å². The van der Waals surface area contributed by atoms with Crippen molar-refractivity contribution in [2.24, 2.45) is 0 Å². The van der Waals surface area contributed by atoms with Gasteiger partial charge in [-0.05, 0) is 24.8 Å². The molecule has 2 aromatic heterocycles. The average molecular weight is 351 g/mol. The van der Waals surface area contributed by atoms with Crippen molar-refractivity contribution in [3.63, 3.8) is 0 Å². The molecule has 2 heterocycles. The third kappa shape index (κ3) is 4.41. The standard InChI is InChI=1S/C16H21N3O4S/c1-4-9-16(2,15(21)22-3)18-12(20)7-8-13-17-14(19-23-13)11-6-5-10-24-11/h5-6,10H,4,7-9H2,1-3H3,(H,18,20). The van der Waals surface area contributed by atoms with Gasteiger partial charge in [0.25, 0.3) is 0 Å². The zero-order valence-electron chi connectivity index (χ0n) is 14.0. The van der Waals surface area contributed by atoms with Crippen molar-refractivity contribution in [2.45, 2.75) is 45.1 Å². The van der Waals surface area contributed by atoms with Crippen LogP contribution >= 0.6 is 11.3 Å². The van der Waals surface area contributed by atoms with Crippen molar-refractivity contribution in [3.8, 4) is 10.7 Å². The Morgan fingerprint density at radius 3 is 2.88 bits per heavy atom. The van der Waals surface area contributed by atoms with Crippen LogP contribution in [0.3, 0.4) is 0 Å². The molecule has 24 heavy (non-hydrogen) atoms. The van der Waals surface area contributed by atoms with Gasteiger partial charge in [-0.1, -0.05) is 24.6 Å². The number of aryl methyl sites for hydroxylation is 1. The van der Waals surface area contributed by atoms with Gasteiger partial charge in [0.2, 0.25) is 17.6 Å². The van der Waals surface area contributed by atoms with Gasteiger partial charge in [-0.25, -0.2) is 4.79 Å². The molecule has 7 nitrogen and oxygen atoms in total. The number of hydrogen-bond donors (Lipinski definition) is 1. The Labute approximate surface area is 144 Å². The first-order valence-corrected chi connectivity index (χ1v) is 8.62. The average Bonchev–Trinajstić information content (AvgIpc) is 3.23. The molecule has 1 N–H and O–H groups in total. The van der Waals surface area contributed by atoms with Crippen molar-refractivity contribution in [1.82, 2.24) is 15.5 Å². The molecule has 8 heteroatoms. The van der Waals surface area contributed by atoms with Crippen molar-refractivity contribution >= 4 is 23.2 Å². The molecule has 0 spiro atoms. The number of amides is 1. The Morgan fingerprint density at radius 1 is 1.46 bits per heavy atom. The molecule has 0 fully saturated rings. The number of nitrogens with zero attached hydrogens (tertiary/aromatic N) is 2. The largest absolute Gasteiger partial charge is 0.467 e. The van der Waals surface area contributed by atoms with Crippen molar-refractivity contribution in [3.05, 3.63) is 23.4 Å². The molecule has 1 unspecified atom stereocenters. The molecule has 0 saturated heterocycles. The van der Waals surface area contributed by atoms with Crippen LogP contribution in [-0.4, -0.2) is 34.7 Å². The minimum absolute atomic E-state index is 0.155. The number of carbonyl (C=O) groups is 2. The van der Waals surface area contributed by atoms with Gasteiger partial charge in [0.1, 0.15) is 5.54 Å². The number of rotatable bonds is 8. The smallest absolute Gasteiger partial charge is 0.331 e. The van der Waals surface area contributed by atoms with Crippen molar-refractivity contribution < 1.29 is 18.8 Å². The number of aromatic nitrogens is 2. The first-order chi connectivity index (χ1) is 11.5. The SMILES string of the molecule is CCCC(C)(NC(=O)CCc1nc(-c2cccs2)no1)C(=O)OC. The lowest BCUT2D eigenvalue weighted by Crippen LogP contribution is -2.52. The maximum atomic E-state index is 12.2. The molecule has 1 amide bonds. The van der Waals surface area contributed by atoms with Gasteiger partial charge in [0, 0.05) is 12.8 Å². The molecule has 0 aliphatic heterocycles. The van der Waals surface area contributed by atoms with Gasteiger partial charge in [-0.3, -0.25) is 4.79 Å². The van der Waals surface area contributed by atoms with E-state index in [1.807, 2.05) is 24.4 Å². The summed E-state index contributed by atoms with van der Waals surface area (Å²) in [7, 11) is 1.31. The zero-order chi connectivity index (χ0) is 17.6. The third-order valence-electron chi connectivity index (χ3n) is 3.58. The molecule has 2 aromatic rings. The number of carbonyl (C=O) groups excluding carboxylic acids is 2. The summed E-state index contributed by atoms with van der Waals surface area (Å²) in [6, 6.07) is 3.81. The molecule has 130 valence electrons. The van der Waals surface area contributed by atoms with Gasteiger partial charge in [0.05, 0.1) is 12.0 Å².